The van der Waals surface area contributed by atoms with Gasteiger partial charge in [0.25, 0.3) is 0 Å². The Hall–Kier alpha value is -6.96. The molecule has 56 heavy (non-hydrogen) atoms. The summed E-state index contributed by atoms with van der Waals surface area (Å²) in [5.74, 6) is 0. The third-order valence-electron chi connectivity index (χ3n) is 12.7. The summed E-state index contributed by atoms with van der Waals surface area (Å²) < 4.78 is 6.51. The van der Waals surface area contributed by atoms with Crippen molar-refractivity contribution in [1.82, 2.24) is 0 Å². The quantitative estimate of drug-likeness (QED) is 0.166. The van der Waals surface area contributed by atoms with Crippen LogP contribution in [0.1, 0.15) is 25.0 Å². The van der Waals surface area contributed by atoms with E-state index in [0.29, 0.717) is 0 Å². The van der Waals surface area contributed by atoms with Crippen LogP contribution in [0.15, 0.2) is 186 Å². The smallest absolute Gasteiger partial charge is 0.143 e. The predicted octanol–water partition coefficient (Wildman–Crippen LogP) is 15.5. The van der Waals surface area contributed by atoms with Gasteiger partial charge in [-0.15, -0.1) is 0 Å². The minimum absolute atomic E-state index is 0.107. The van der Waals surface area contributed by atoms with Gasteiger partial charge in [-0.2, -0.15) is 0 Å². The Morgan fingerprint density at radius 2 is 0.929 bits per heavy atom. The number of benzene rings is 10. The summed E-state index contributed by atoms with van der Waals surface area (Å²) in [5.41, 5.74) is 14.6. The molecule has 0 spiro atoms. The normalized spacial score (nSPS) is 13.3. The zero-order valence-corrected chi connectivity index (χ0v) is 31.2. The lowest BCUT2D eigenvalue weighted by Crippen LogP contribution is -2.14. The minimum Gasteiger partial charge on any atom is -0.455 e. The molecule has 12 rings (SSSR count). The van der Waals surface area contributed by atoms with Crippen LogP contribution in [0.5, 0.6) is 0 Å². The van der Waals surface area contributed by atoms with Gasteiger partial charge in [-0.1, -0.05) is 166 Å². The SMILES string of the molecule is CC1(C)c2ccc(-c3ccc(-c4c5ccccc5c(-c5cccc6ccccc56)c5ccccc45)cc3)cc2-c2cc3c(ccc4c5ccccc5oc34)cc21. The Bertz CT molecular complexity index is 3370. The molecule has 0 bridgehead atoms. The van der Waals surface area contributed by atoms with Crippen LogP contribution in [0.3, 0.4) is 0 Å². The molecule has 11 aromatic rings. The first-order valence-electron chi connectivity index (χ1n) is 19.6. The van der Waals surface area contributed by atoms with Gasteiger partial charge in [-0.3, -0.25) is 0 Å². The average Bonchev–Trinajstić information content (AvgIpc) is 3.73. The maximum absolute atomic E-state index is 6.51. The summed E-state index contributed by atoms with van der Waals surface area (Å²) in [5, 5.41) is 12.3. The van der Waals surface area contributed by atoms with E-state index in [2.05, 4.69) is 190 Å². The van der Waals surface area contributed by atoms with Gasteiger partial charge in [0.05, 0.1) is 0 Å². The molecule has 1 aliphatic rings. The summed E-state index contributed by atoms with van der Waals surface area (Å²) in [6.45, 7) is 4.72. The van der Waals surface area contributed by atoms with Crippen molar-refractivity contribution >= 4 is 65.0 Å². The number of rotatable bonds is 3. The van der Waals surface area contributed by atoms with Crippen LogP contribution in [0.2, 0.25) is 0 Å². The molecular weight excluding hydrogens is 677 g/mol. The van der Waals surface area contributed by atoms with Crippen molar-refractivity contribution in [2.45, 2.75) is 19.3 Å². The highest BCUT2D eigenvalue weighted by Gasteiger charge is 2.36. The second-order valence-electron chi connectivity index (χ2n) is 16.0. The van der Waals surface area contributed by atoms with E-state index >= 15 is 0 Å². The van der Waals surface area contributed by atoms with Gasteiger partial charge in [-0.25, -0.2) is 0 Å². The molecule has 0 amide bonds. The third-order valence-corrected chi connectivity index (χ3v) is 12.7. The lowest BCUT2D eigenvalue weighted by molar-refractivity contribution is 0.661. The third kappa shape index (κ3) is 4.37. The number of hydrogen-bond acceptors (Lipinski definition) is 1. The average molecular weight is 713 g/mol. The Labute approximate surface area is 325 Å². The second-order valence-corrected chi connectivity index (χ2v) is 16.0. The van der Waals surface area contributed by atoms with Gasteiger partial charge in [0.2, 0.25) is 0 Å². The highest BCUT2D eigenvalue weighted by atomic mass is 16.3. The number of furan rings is 1. The van der Waals surface area contributed by atoms with Crippen LogP contribution in [-0.4, -0.2) is 0 Å². The molecule has 1 heterocycles. The summed E-state index contributed by atoms with van der Waals surface area (Å²) in [7, 11) is 0. The van der Waals surface area contributed by atoms with Crippen LogP contribution in [0.25, 0.3) is 110 Å². The monoisotopic (exact) mass is 712 g/mol. The maximum atomic E-state index is 6.51. The molecule has 0 aliphatic heterocycles. The fourth-order valence-corrected chi connectivity index (χ4v) is 9.93. The van der Waals surface area contributed by atoms with E-state index in [1.54, 1.807) is 0 Å². The summed E-state index contributed by atoms with van der Waals surface area (Å²) in [6.07, 6.45) is 0. The van der Waals surface area contributed by atoms with Gasteiger partial charge in [-0.05, 0) is 124 Å². The fraction of sp³-hybridized carbons (Fsp3) is 0.0545. The Kier molecular flexibility index (Phi) is 6.46. The zero-order chi connectivity index (χ0) is 37.1. The first kappa shape index (κ1) is 31.4. The summed E-state index contributed by atoms with van der Waals surface area (Å²) in [6, 6.07) is 67.2. The van der Waals surface area contributed by atoms with Gasteiger partial charge >= 0.3 is 0 Å². The van der Waals surface area contributed by atoms with Crippen LogP contribution in [0, 0.1) is 0 Å². The Morgan fingerprint density at radius 3 is 1.68 bits per heavy atom. The molecule has 10 aromatic carbocycles. The molecule has 1 aliphatic carbocycles. The van der Waals surface area contributed by atoms with Gasteiger partial charge in [0, 0.05) is 21.6 Å². The van der Waals surface area contributed by atoms with Crippen LogP contribution in [-0.2, 0) is 5.41 Å². The predicted molar refractivity (Wildman–Crippen MR) is 238 cm³/mol. The summed E-state index contributed by atoms with van der Waals surface area (Å²) >= 11 is 0. The molecule has 0 fully saturated rings. The second kappa shape index (κ2) is 11.5. The first-order chi connectivity index (χ1) is 27.5. The lowest BCUT2D eigenvalue weighted by atomic mass is 9.81. The fourth-order valence-electron chi connectivity index (χ4n) is 9.93. The molecule has 0 radical (unpaired) electrons. The van der Waals surface area contributed by atoms with Crippen molar-refractivity contribution in [1.29, 1.82) is 0 Å². The van der Waals surface area contributed by atoms with E-state index in [0.717, 1.165) is 16.6 Å². The topological polar surface area (TPSA) is 13.1 Å². The largest absolute Gasteiger partial charge is 0.455 e. The van der Waals surface area contributed by atoms with E-state index in [-0.39, 0.29) is 5.41 Å². The Morgan fingerprint density at radius 1 is 0.339 bits per heavy atom. The van der Waals surface area contributed by atoms with E-state index < -0.39 is 0 Å². The number of fused-ring (bicyclic) bond motifs is 11. The highest BCUT2D eigenvalue weighted by Crippen LogP contribution is 2.52. The minimum atomic E-state index is -0.107. The molecule has 0 unspecified atom stereocenters. The maximum Gasteiger partial charge on any atom is 0.143 e. The van der Waals surface area contributed by atoms with E-state index in [4.69, 9.17) is 4.42 Å². The summed E-state index contributed by atoms with van der Waals surface area (Å²) in [4.78, 5) is 0. The van der Waals surface area contributed by atoms with Crippen LogP contribution >= 0.6 is 0 Å². The molecular formula is C55H36O. The van der Waals surface area contributed by atoms with Gasteiger partial charge < -0.3 is 4.42 Å². The van der Waals surface area contributed by atoms with E-state index in [1.807, 2.05) is 6.07 Å². The zero-order valence-electron chi connectivity index (χ0n) is 31.2. The van der Waals surface area contributed by atoms with E-state index in [9.17, 15) is 0 Å². The molecule has 0 saturated carbocycles. The van der Waals surface area contributed by atoms with Crippen LogP contribution < -0.4 is 0 Å². The molecule has 1 nitrogen and oxygen atoms in total. The Balaban J connectivity index is 0.999. The first-order valence-corrected chi connectivity index (χ1v) is 19.6. The van der Waals surface area contributed by atoms with Crippen LogP contribution in [0.4, 0.5) is 0 Å². The van der Waals surface area contributed by atoms with E-state index in [1.165, 1.54) is 104 Å². The van der Waals surface area contributed by atoms with Gasteiger partial charge in [0.1, 0.15) is 11.2 Å². The standard InChI is InChI=1S/C55H36O/c1-55(2)49-29-27-36(30-47(49)48-32-46-37(31-50(48)55)26-28-45-39-15-9-10-21-51(39)56-54(45)46)33-22-24-35(25-23-33)52-41-16-5-7-18-43(41)53(44-19-8-6-17-42(44)52)40-20-11-13-34-12-3-4-14-38(34)40/h3-32H,1-2H3. The highest BCUT2D eigenvalue weighted by molar-refractivity contribution is 6.23. The van der Waals surface area contributed by atoms with Crippen molar-refractivity contribution in [3.8, 4) is 44.5 Å². The molecule has 0 N–H and O–H groups in total. The van der Waals surface area contributed by atoms with Crippen molar-refractivity contribution in [2.75, 3.05) is 0 Å². The molecule has 0 saturated heterocycles. The molecule has 0 atom stereocenters. The molecule has 1 heteroatoms. The lowest BCUT2D eigenvalue weighted by Gasteiger charge is -2.22. The number of para-hydroxylation sites is 1. The number of hydrogen-bond donors (Lipinski definition) is 0. The van der Waals surface area contributed by atoms with Gasteiger partial charge in [0.15, 0.2) is 0 Å². The molecule has 1 aromatic heterocycles. The van der Waals surface area contributed by atoms with Crippen molar-refractivity contribution in [2.24, 2.45) is 0 Å². The molecule has 262 valence electrons. The van der Waals surface area contributed by atoms with Crippen molar-refractivity contribution < 1.29 is 4.42 Å². The van der Waals surface area contributed by atoms with Crippen molar-refractivity contribution in [3.05, 3.63) is 193 Å². The van der Waals surface area contributed by atoms with Crippen molar-refractivity contribution in [3.63, 3.8) is 0 Å².